The molecule has 0 saturated heterocycles. The second-order valence-electron chi connectivity index (χ2n) is 6.64. The van der Waals surface area contributed by atoms with Crippen molar-refractivity contribution in [2.45, 2.75) is 20.3 Å². The van der Waals surface area contributed by atoms with Gasteiger partial charge in [-0.1, -0.05) is 18.6 Å². The Morgan fingerprint density at radius 2 is 2.03 bits per heavy atom. The van der Waals surface area contributed by atoms with Gasteiger partial charge >= 0.3 is 0 Å². The molecule has 0 aliphatic carbocycles. The van der Waals surface area contributed by atoms with Gasteiger partial charge in [0.15, 0.2) is 17.1 Å². The third kappa shape index (κ3) is 3.96. The zero-order valence-corrected chi connectivity index (χ0v) is 16.6. The number of aromatic amines is 1. The van der Waals surface area contributed by atoms with Crippen LogP contribution in [0.4, 0.5) is 5.95 Å². The number of methoxy groups -OCH3 is 1. The molecule has 148 valence electrons. The number of H-pyrrole nitrogens is 1. The van der Waals surface area contributed by atoms with Crippen molar-refractivity contribution < 1.29 is 9.47 Å². The largest absolute Gasteiger partial charge is 0.493 e. The second kappa shape index (κ2) is 8.14. The maximum atomic E-state index is 5.66. The molecule has 2 N–H and O–H groups in total. The Hall–Kier alpha value is -3.68. The Morgan fingerprint density at radius 3 is 2.86 bits per heavy atom. The summed E-state index contributed by atoms with van der Waals surface area (Å²) in [5.41, 5.74) is 7.22. The van der Waals surface area contributed by atoms with E-state index < -0.39 is 0 Å². The van der Waals surface area contributed by atoms with Crippen LogP contribution in [-0.2, 0) is 0 Å². The molecule has 4 rings (SSSR count). The molecule has 0 atom stereocenters. The van der Waals surface area contributed by atoms with Crippen LogP contribution in [0.5, 0.6) is 11.5 Å². The number of rotatable bonds is 7. The summed E-state index contributed by atoms with van der Waals surface area (Å²) >= 11 is 0. The SMILES string of the molecule is CCCOc1ccc(/C=N/Nc2nnc3c(n2)[nH]c2ccc(C)cc23)cc1OC. The number of aryl methyl sites for hydroxylation is 1. The van der Waals surface area contributed by atoms with E-state index in [9.17, 15) is 0 Å². The first-order valence-electron chi connectivity index (χ1n) is 9.40. The maximum Gasteiger partial charge on any atom is 0.265 e. The number of nitrogens with zero attached hydrogens (tertiary/aromatic N) is 4. The molecule has 0 aliphatic heterocycles. The smallest absolute Gasteiger partial charge is 0.265 e. The average Bonchev–Trinajstić information content (AvgIpc) is 3.09. The first kappa shape index (κ1) is 18.7. The van der Waals surface area contributed by atoms with Gasteiger partial charge in [-0.15, -0.1) is 10.2 Å². The van der Waals surface area contributed by atoms with E-state index in [1.54, 1.807) is 13.3 Å². The summed E-state index contributed by atoms with van der Waals surface area (Å²) in [6.45, 7) is 4.75. The van der Waals surface area contributed by atoms with Crippen molar-refractivity contribution in [3.8, 4) is 11.5 Å². The minimum Gasteiger partial charge on any atom is -0.493 e. The van der Waals surface area contributed by atoms with Gasteiger partial charge in [-0.05, 0) is 49.2 Å². The Kier molecular flexibility index (Phi) is 5.24. The monoisotopic (exact) mass is 390 g/mol. The number of anilines is 1. The van der Waals surface area contributed by atoms with E-state index in [-0.39, 0.29) is 0 Å². The highest BCUT2D eigenvalue weighted by Crippen LogP contribution is 2.27. The van der Waals surface area contributed by atoms with Crippen LogP contribution in [0, 0.1) is 6.92 Å². The van der Waals surface area contributed by atoms with Gasteiger partial charge in [0.05, 0.1) is 19.9 Å². The minimum atomic E-state index is 0.312. The number of fused-ring (bicyclic) bond motifs is 3. The lowest BCUT2D eigenvalue weighted by molar-refractivity contribution is 0.294. The van der Waals surface area contributed by atoms with Crippen LogP contribution in [0.2, 0.25) is 0 Å². The normalized spacial score (nSPS) is 11.4. The first-order valence-corrected chi connectivity index (χ1v) is 9.40. The number of hydrogen-bond acceptors (Lipinski definition) is 7. The molecule has 8 heteroatoms. The van der Waals surface area contributed by atoms with Crippen LogP contribution in [0.25, 0.3) is 22.1 Å². The fourth-order valence-electron chi connectivity index (χ4n) is 2.99. The highest BCUT2D eigenvalue weighted by molar-refractivity contribution is 6.03. The second-order valence-corrected chi connectivity index (χ2v) is 6.64. The number of benzene rings is 2. The lowest BCUT2D eigenvalue weighted by atomic mass is 10.2. The lowest BCUT2D eigenvalue weighted by Gasteiger charge is -2.10. The molecule has 0 radical (unpaired) electrons. The van der Waals surface area contributed by atoms with Crippen molar-refractivity contribution in [1.82, 2.24) is 20.2 Å². The molecule has 0 amide bonds. The molecular weight excluding hydrogens is 368 g/mol. The van der Waals surface area contributed by atoms with Crippen LogP contribution in [0.1, 0.15) is 24.5 Å². The number of nitrogens with one attached hydrogen (secondary N) is 2. The Morgan fingerprint density at radius 1 is 1.14 bits per heavy atom. The highest BCUT2D eigenvalue weighted by Gasteiger charge is 2.09. The summed E-state index contributed by atoms with van der Waals surface area (Å²) in [5, 5.41) is 13.6. The average molecular weight is 390 g/mol. The van der Waals surface area contributed by atoms with Crippen LogP contribution in [-0.4, -0.2) is 40.1 Å². The zero-order chi connectivity index (χ0) is 20.2. The van der Waals surface area contributed by atoms with Crippen molar-refractivity contribution >= 4 is 34.2 Å². The van der Waals surface area contributed by atoms with Gasteiger partial charge in [-0.3, -0.25) is 0 Å². The summed E-state index contributed by atoms with van der Waals surface area (Å²) in [6, 6.07) is 11.8. The summed E-state index contributed by atoms with van der Waals surface area (Å²) in [4.78, 5) is 7.71. The third-order valence-corrected chi connectivity index (χ3v) is 4.40. The Bertz CT molecular complexity index is 1180. The molecule has 0 spiro atoms. The van der Waals surface area contributed by atoms with Crippen molar-refractivity contribution in [2.24, 2.45) is 5.10 Å². The molecule has 29 heavy (non-hydrogen) atoms. The number of hydrogen-bond donors (Lipinski definition) is 2. The van der Waals surface area contributed by atoms with Crippen molar-refractivity contribution in [3.63, 3.8) is 0 Å². The standard InChI is InChI=1S/C21H22N6O2/c1-4-9-29-17-8-6-14(11-18(17)28-3)12-22-26-21-24-20-19(25-27-21)15-10-13(2)5-7-16(15)23-20/h5-8,10-12H,4,9H2,1-3H3,(H2,23,24,26,27)/b22-12+. The predicted octanol–water partition coefficient (Wildman–Crippen LogP) is 4.06. The minimum absolute atomic E-state index is 0.312. The molecule has 0 unspecified atom stereocenters. The third-order valence-electron chi connectivity index (χ3n) is 4.40. The molecule has 8 nitrogen and oxygen atoms in total. The van der Waals surface area contributed by atoms with Crippen LogP contribution in [0.15, 0.2) is 41.5 Å². The number of aromatic nitrogens is 4. The highest BCUT2D eigenvalue weighted by atomic mass is 16.5. The van der Waals surface area contributed by atoms with E-state index in [0.29, 0.717) is 29.7 Å². The molecule has 2 heterocycles. The van der Waals surface area contributed by atoms with Gasteiger partial charge in [-0.25, -0.2) is 5.43 Å². The van der Waals surface area contributed by atoms with Gasteiger partial charge in [0, 0.05) is 10.9 Å². The van der Waals surface area contributed by atoms with Gasteiger partial charge < -0.3 is 14.5 Å². The van der Waals surface area contributed by atoms with Crippen molar-refractivity contribution in [2.75, 3.05) is 19.1 Å². The summed E-state index contributed by atoms with van der Waals surface area (Å²) < 4.78 is 11.0. The van der Waals surface area contributed by atoms with Crippen molar-refractivity contribution in [3.05, 3.63) is 47.5 Å². The fraction of sp³-hybridized carbons (Fsp3) is 0.238. The molecule has 0 fully saturated rings. The van der Waals surface area contributed by atoms with E-state index in [1.807, 2.05) is 37.3 Å². The summed E-state index contributed by atoms with van der Waals surface area (Å²) in [7, 11) is 1.61. The predicted molar refractivity (Wildman–Crippen MR) is 114 cm³/mol. The van der Waals surface area contributed by atoms with Gasteiger partial charge in [0.2, 0.25) is 0 Å². The molecule has 0 saturated carbocycles. The number of hydrazone groups is 1. The molecule has 0 bridgehead atoms. The Labute approximate surface area is 168 Å². The van der Waals surface area contributed by atoms with E-state index in [4.69, 9.17) is 9.47 Å². The van der Waals surface area contributed by atoms with Gasteiger partial charge in [0.1, 0.15) is 5.52 Å². The first-order chi connectivity index (χ1) is 14.2. The molecule has 2 aromatic heterocycles. The van der Waals surface area contributed by atoms with E-state index in [1.165, 1.54) is 0 Å². The Balaban J connectivity index is 1.51. The molecular formula is C21H22N6O2. The fourth-order valence-corrected chi connectivity index (χ4v) is 2.99. The zero-order valence-electron chi connectivity index (χ0n) is 16.6. The number of ether oxygens (including phenoxy) is 2. The van der Waals surface area contributed by atoms with Gasteiger partial charge in [0.25, 0.3) is 5.95 Å². The molecule has 0 aliphatic rings. The van der Waals surface area contributed by atoms with Crippen LogP contribution in [0.3, 0.4) is 0 Å². The van der Waals surface area contributed by atoms with E-state index in [0.717, 1.165) is 34.0 Å². The van der Waals surface area contributed by atoms with Crippen LogP contribution < -0.4 is 14.9 Å². The lowest BCUT2D eigenvalue weighted by Crippen LogP contribution is -2.00. The molecule has 4 aromatic rings. The topological polar surface area (TPSA) is 97.3 Å². The summed E-state index contributed by atoms with van der Waals surface area (Å²) in [6.07, 6.45) is 2.60. The quantitative estimate of drug-likeness (QED) is 0.365. The summed E-state index contributed by atoms with van der Waals surface area (Å²) in [5.74, 6) is 1.69. The van der Waals surface area contributed by atoms with E-state index in [2.05, 4.69) is 43.7 Å². The van der Waals surface area contributed by atoms with E-state index >= 15 is 0 Å². The van der Waals surface area contributed by atoms with Gasteiger partial charge in [-0.2, -0.15) is 10.1 Å². The molecule has 2 aromatic carbocycles. The van der Waals surface area contributed by atoms with Crippen molar-refractivity contribution in [1.29, 1.82) is 0 Å². The maximum absolute atomic E-state index is 5.66. The van der Waals surface area contributed by atoms with Crippen LogP contribution >= 0.6 is 0 Å².